The molecule has 0 aliphatic heterocycles. The van der Waals surface area contributed by atoms with Crippen LogP contribution >= 0.6 is 11.3 Å². The number of thiazole rings is 1. The van der Waals surface area contributed by atoms with Gasteiger partial charge in [0.05, 0.1) is 16.3 Å². The van der Waals surface area contributed by atoms with Crippen LogP contribution in [0, 0.1) is 0 Å². The van der Waals surface area contributed by atoms with Crippen LogP contribution in [0.4, 0.5) is 13.2 Å². The van der Waals surface area contributed by atoms with Gasteiger partial charge in [-0.2, -0.15) is 13.2 Å². The van der Waals surface area contributed by atoms with Crippen molar-refractivity contribution in [3.63, 3.8) is 0 Å². The Kier molecular flexibility index (Phi) is 6.77. The zero-order valence-corrected chi connectivity index (χ0v) is 16.1. The minimum Gasteiger partial charge on any atom is -0.353 e. The number of nitrogens with zero attached hydrogens (tertiary/aromatic N) is 2. The van der Waals surface area contributed by atoms with Crippen molar-refractivity contribution in [2.24, 2.45) is 0 Å². The SMILES string of the molecule is O=C(C=Cc1ccc(C(F)(F)F)cc1)NCCCc1nc(-c2ccncc2)cs1. The number of hydrogen-bond donors (Lipinski definition) is 1. The van der Waals surface area contributed by atoms with E-state index in [9.17, 15) is 18.0 Å². The summed E-state index contributed by atoms with van der Waals surface area (Å²) in [4.78, 5) is 20.4. The molecule has 2 heterocycles. The Labute approximate surface area is 170 Å². The third-order valence-electron chi connectivity index (χ3n) is 4.06. The fourth-order valence-corrected chi connectivity index (χ4v) is 3.40. The van der Waals surface area contributed by atoms with Gasteiger partial charge in [-0.05, 0) is 42.3 Å². The van der Waals surface area contributed by atoms with Gasteiger partial charge in [0, 0.05) is 42.4 Å². The number of nitrogens with one attached hydrogen (secondary N) is 1. The van der Waals surface area contributed by atoms with E-state index in [1.807, 2.05) is 17.5 Å². The van der Waals surface area contributed by atoms with Gasteiger partial charge in [-0.25, -0.2) is 4.98 Å². The minimum atomic E-state index is -4.36. The summed E-state index contributed by atoms with van der Waals surface area (Å²) in [6.45, 7) is 0.486. The lowest BCUT2D eigenvalue weighted by Gasteiger charge is -2.06. The smallest absolute Gasteiger partial charge is 0.353 e. The lowest BCUT2D eigenvalue weighted by Crippen LogP contribution is -2.22. The number of benzene rings is 1. The number of rotatable bonds is 7. The van der Waals surface area contributed by atoms with E-state index in [4.69, 9.17) is 0 Å². The molecule has 0 saturated heterocycles. The molecule has 1 aromatic carbocycles. The average molecular weight is 417 g/mol. The third-order valence-corrected chi connectivity index (χ3v) is 4.97. The first-order valence-corrected chi connectivity index (χ1v) is 9.78. The van der Waals surface area contributed by atoms with Crippen molar-refractivity contribution in [2.75, 3.05) is 6.54 Å². The molecule has 0 saturated carbocycles. The predicted molar refractivity (Wildman–Crippen MR) is 107 cm³/mol. The van der Waals surface area contributed by atoms with Gasteiger partial charge >= 0.3 is 6.18 Å². The van der Waals surface area contributed by atoms with Gasteiger partial charge in [-0.1, -0.05) is 12.1 Å². The molecule has 0 aliphatic rings. The molecule has 0 aliphatic carbocycles. The molecular weight excluding hydrogens is 399 g/mol. The summed E-state index contributed by atoms with van der Waals surface area (Å²) in [6.07, 6.45) is 3.37. The van der Waals surface area contributed by atoms with Crippen LogP contribution in [0.1, 0.15) is 22.6 Å². The van der Waals surface area contributed by atoms with Crippen molar-refractivity contribution >= 4 is 23.3 Å². The zero-order chi connectivity index (χ0) is 20.7. The van der Waals surface area contributed by atoms with E-state index in [1.165, 1.54) is 24.3 Å². The number of halogens is 3. The van der Waals surface area contributed by atoms with Crippen molar-refractivity contribution in [1.29, 1.82) is 0 Å². The maximum Gasteiger partial charge on any atom is 0.416 e. The van der Waals surface area contributed by atoms with Crippen LogP contribution in [0.3, 0.4) is 0 Å². The highest BCUT2D eigenvalue weighted by Gasteiger charge is 2.29. The molecule has 0 spiro atoms. The monoisotopic (exact) mass is 417 g/mol. The summed E-state index contributed by atoms with van der Waals surface area (Å²) in [7, 11) is 0. The number of carbonyl (C=O) groups excluding carboxylic acids is 1. The molecule has 2 aromatic heterocycles. The van der Waals surface area contributed by atoms with Crippen LogP contribution in [0.15, 0.2) is 60.2 Å². The highest BCUT2D eigenvalue weighted by atomic mass is 32.1. The Hall–Kier alpha value is -3.00. The summed E-state index contributed by atoms with van der Waals surface area (Å²) in [5.74, 6) is -0.290. The first kappa shape index (κ1) is 20.7. The summed E-state index contributed by atoms with van der Waals surface area (Å²) in [5.41, 5.74) is 1.74. The van der Waals surface area contributed by atoms with Crippen LogP contribution in [0.2, 0.25) is 0 Å². The lowest BCUT2D eigenvalue weighted by molar-refractivity contribution is -0.137. The average Bonchev–Trinajstić information content (AvgIpc) is 3.19. The van der Waals surface area contributed by atoms with Gasteiger partial charge in [-0.15, -0.1) is 11.3 Å². The number of hydrogen-bond acceptors (Lipinski definition) is 4. The highest BCUT2D eigenvalue weighted by molar-refractivity contribution is 7.09. The number of aryl methyl sites for hydroxylation is 1. The van der Waals surface area contributed by atoms with E-state index in [0.717, 1.165) is 41.2 Å². The van der Waals surface area contributed by atoms with Crippen molar-refractivity contribution in [3.8, 4) is 11.3 Å². The van der Waals surface area contributed by atoms with E-state index < -0.39 is 11.7 Å². The van der Waals surface area contributed by atoms with Gasteiger partial charge in [-0.3, -0.25) is 9.78 Å². The Bertz CT molecular complexity index is 967. The van der Waals surface area contributed by atoms with E-state index in [2.05, 4.69) is 15.3 Å². The van der Waals surface area contributed by atoms with Crippen molar-refractivity contribution < 1.29 is 18.0 Å². The fourth-order valence-electron chi connectivity index (χ4n) is 2.55. The molecule has 1 amide bonds. The normalized spacial score (nSPS) is 11.7. The molecule has 0 fully saturated rings. The maximum absolute atomic E-state index is 12.5. The molecule has 29 heavy (non-hydrogen) atoms. The highest BCUT2D eigenvalue weighted by Crippen LogP contribution is 2.29. The van der Waals surface area contributed by atoms with Crippen LogP contribution in [-0.2, 0) is 17.4 Å². The number of pyridine rings is 1. The number of carbonyl (C=O) groups is 1. The van der Waals surface area contributed by atoms with Gasteiger partial charge < -0.3 is 5.32 Å². The second-order valence-electron chi connectivity index (χ2n) is 6.21. The molecule has 1 N–H and O–H groups in total. The second-order valence-corrected chi connectivity index (χ2v) is 7.15. The maximum atomic E-state index is 12.5. The molecule has 3 aromatic rings. The van der Waals surface area contributed by atoms with E-state index in [0.29, 0.717) is 12.1 Å². The Morgan fingerprint density at radius 2 is 1.83 bits per heavy atom. The largest absolute Gasteiger partial charge is 0.416 e. The first-order chi connectivity index (χ1) is 13.9. The molecule has 0 atom stereocenters. The topological polar surface area (TPSA) is 54.9 Å². The number of aromatic nitrogens is 2. The van der Waals surface area contributed by atoms with Gasteiger partial charge in [0.25, 0.3) is 0 Å². The van der Waals surface area contributed by atoms with Crippen LogP contribution in [0.25, 0.3) is 17.3 Å². The molecule has 8 heteroatoms. The van der Waals surface area contributed by atoms with Crippen molar-refractivity contribution in [3.05, 3.63) is 76.4 Å². The molecule has 150 valence electrons. The van der Waals surface area contributed by atoms with Crippen LogP contribution < -0.4 is 5.32 Å². The summed E-state index contributed by atoms with van der Waals surface area (Å²) < 4.78 is 37.6. The van der Waals surface area contributed by atoms with E-state index in [-0.39, 0.29) is 5.91 Å². The molecular formula is C21H18F3N3OS. The molecule has 0 bridgehead atoms. The Morgan fingerprint density at radius 1 is 1.10 bits per heavy atom. The Morgan fingerprint density at radius 3 is 2.52 bits per heavy atom. The minimum absolute atomic E-state index is 0.290. The standard InChI is InChI=1S/C21H18F3N3OS/c22-21(23,24)17-6-3-15(4-7-17)5-8-19(28)26-11-1-2-20-27-18(14-29-20)16-9-12-25-13-10-16/h3-10,12-14H,1-2,11H2,(H,26,28). The third kappa shape index (κ3) is 6.25. The first-order valence-electron chi connectivity index (χ1n) is 8.90. The summed E-state index contributed by atoms with van der Waals surface area (Å²) in [6, 6.07) is 8.45. The lowest BCUT2D eigenvalue weighted by atomic mass is 10.1. The summed E-state index contributed by atoms with van der Waals surface area (Å²) in [5, 5.41) is 5.75. The molecule has 3 rings (SSSR count). The van der Waals surface area contributed by atoms with Crippen molar-refractivity contribution in [2.45, 2.75) is 19.0 Å². The molecule has 0 unspecified atom stereocenters. The van der Waals surface area contributed by atoms with Crippen LogP contribution in [-0.4, -0.2) is 22.4 Å². The zero-order valence-electron chi connectivity index (χ0n) is 15.3. The predicted octanol–water partition coefficient (Wildman–Crippen LogP) is 4.99. The van der Waals surface area contributed by atoms with E-state index in [1.54, 1.807) is 23.7 Å². The number of amides is 1. The van der Waals surface area contributed by atoms with Gasteiger partial charge in [0.15, 0.2) is 0 Å². The second kappa shape index (κ2) is 9.47. The molecule has 4 nitrogen and oxygen atoms in total. The Balaban J connectivity index is 1.41. The summed E-state index contributed by atoms with van der Waals surface area (Å²) >= 11 is 1.58. The number of alkyl halides is 3. The van der Waals surface area contributed by atoms with Crippen LogP contribution in [0.5, 0.6) is 0 Å². The molecule has 0 radical (unpaired) electrons. The van der Waals surface area contributed by atoms with Crippen molar-refractivity contribution in [1.82, 2.24) is 15.3 Å². The van der Waals surface area contributed by atoms with Gasteiger partial charge in [0.2, 0.25) is 5.91 Å². The van der Waals surface area contributed by atoms with Gasteiger partial charge in [0.1, 0.15) is 0 Å². The quantitative estimate of drug-likeness (QED) is 0.435. The van der Waals surface area contributed by atoms with E-state index >= 15 is 0 Å². The fraction of sp³-hybridized carbons (Fsp3) is 0.190.